The molecule has 0 spiro atoms. The van der Waals surface area contributed by atoms with E-state index >= 15 is 0 Å². The second-order valence-electron chi connectivity index (χ2n) is 21.2. The van der Waals surface area contributed by atoms with E-state index in [1.807, 2.05) is 58.1 Å². The van der Waals surface area contributed by atoms with E-state index in [0.29, 0.717) is 82.8 Å². The minimum Gasteiger partial charge on any atom is -0.460 e. The van der Waals surface area contributed by atoms with Gasteiger partial charge in [0.25, 0.3) is 11.7 Å². The van der Waals surface area contributed by atoms with Gasteiger partial charge in [0.15, 0.2) is 5.78 Å². The Labute approximate surface area is 422 Å². The van der Waals surface area contributed by atoms with E-state index < -0.39 is 109 Å². The number of amides is 1. The molecule has 5 rings (SSSR count). The van der Waals surface area contributed by atoms with Crippen molar-refractivity contribution in [3.63, 3.8) is 0 Å². The summed E-state index contributed by atoms with van der Waals surface area (Å²) in [4.78, 5) is 72.8. The standard InChI is InChI=1S/C54H84NO15P/c1-12-25-67-71(11,63)70-43-23-21-38(29-46(43)65-9)28-41-40-19-16-24-55-47(40)53(61)68-45(41)31-42(56)34(4)27-36(6)49(58)50(66-10)48(57)35(5)26-32(2)17-14-13-15-18-33(3)44(64-8)30-39-22-20-37(7)54(62,69-39)51(59)52(55)60/h13-15,17-18,27,32,34-35,37-41,43-47,49-50,58,62H,12,16,19-26,28-31H2,1-11H3/b15-13+,17-14+,33-18+,36-27+/t32-,34?,35-,37-,38+,39+,40-,41?,43-,44+,45+,46-,47?,49-,50+,54-,71?/m1/s1. The number of esters is 1. The molecule has 2 N–H and O–H groups in total. The van der Waals surface area contributed by atoms with Crippen LogP contribution < -0.4 is 0 Å². The summed E-state index contributed by atoms with van der Waals surface area (Å²) in [6, 6.07) is -1.16. The molecule has 0 aromatic rings. The van der Waals surface area contributed by atoms with Gasteiger partial charge in [0, 0.05) is 71.1 Å². The van der Waals surface area contributed by atoms with Crippen LogP contribution in [-0.2, 0) is 61.3 Å². The number of hydrogen-bond acceptors (Lipinski definition) is 15. The monoisotopic (exact) mass is 1020 g/mol. The molecule has 0 radical (unpaired) electrons. The molecule has 17 heteroatoms. The molecule has 17 atom stereocenters. The zero-order valence-electron chi connectivity index (χ0n) is 44.1. The van der Waals surface area contributed by atoms with Crippen molar-refractivity contribution >= 4 is 36.8 Å². The third-order valence-electron chi connectivity index (χ3n) is 15.7. The molecule has 0 aromatic heterocycles. The van der Waals surface area contributed by atoms with Crippen LogP contribution in [0.5, 0.6) is 0 Å². The highest BCUT2D eigenvalue weighted by molar-refractivity contribution is 7.53. The van der Waals surface area contributed by atoms with Gasteiger partial charge in [-0.3, -0.25) is 23.7 Å². The van der Waals surface area contributed by atoms with Crippen LogP contribution in [0.4, 0.5) is 0 Å². The summed E-state index contributed by atoms with van der Waals surface area (Å²) < 4.78 is 54.7. The summed E-state index contributed by atoms with van der Waals surface area (Å²) in [6.07, 6.45) is 11.1. The lowest BCUT2D eigenvalue weighted by molar-refractivity contribution is -0.266. The lowest BCUT2D eigenvalue weighted by Gasteiger charge is -2.50. The van der Waals surface area contributed by atoms with Gasteiger partial charge in [0.1, 0.15) is 30.1 Å². The van der Waals surface area contributed by atoms with Crippen molar-refractivity contribution < 1.29 is 71.5 Å². The Kier molecular flexibility index (Phi) is 21.8. The fourth-order valence-electron chi connectivity index (χ4n) is 11.6. The van der Waals surface area contributed by atoms with Crippen LogP contribution in [0.15, 0.2) is 47.6 Å². The maximum atomic E-state index is 14.6. The number of carbonyl (C=O) groups excluding carboxylic acids is 5. The molecule has 1 amide bonds. The van der Waals surface area contributed by atoms with Crippen molar-refractivity contribution in [1.82, 2.24) is 4.90 Å². The first-order valence-electron chi connectivity index (χ1n) is 26.0. The van der Waals surface area contributed by atoms with Gasteiger partial charge in [-0.25, -0.2) is 4.79 Å². The highest BCUT2D eigenvalue weighted by Gasteiger charge is 2.57. The summed E-state index contributed by atoms with van der Waals surface area (Å²) in [5.74, 6) is -8.79. The van der Waals surface area contributed by atoms with Gasteiger partial charge in [-0.15, -0.1) is 0 Å². The number of ether oxygens (including phenoxy) is 5. The Morgan fingerprint density at radius 2 is 1.61 bits per heavy atom. The van der Waals surface area contributed by atoms with Crippen molar-refractivity contribution in [3.05, 3.63) is 47.6 Å². The average Bonchev–Trinajstić information content (AvgIpc) is 3.33. The molecule has 71 heavy (non-hydrogen) atoms. The molecule has 3 saturated heterocycles. The van der Waals surface area contributed by atoms with Gasteiger partial charge in [-0.2, -0.15) is 0 Å². The molecule has 4 heterocycles. The van der Waals surface area contributed by atoms with Crippen molar-refractivity contribution in [2.45, 2.75) is 180 Å². The van der Waals surface area contributed by atoms with E-state index in [1.54, 1.807) is 41.1 Å². The minimum absolute atomic E-state index is 0.0103. The first-order chi connectivity index (χ1) is 33.6. The molecule has 4 bridgehead atoms. The van der Waals surface area contributed by atoms with Crippen LogP contribution in [-0.4, -0.2) is 140 Å². The summed E-state index contributed by atoms with van der Waals surface area (Å²) >= 11 is 0. The van der Waals surface area contributed by atoms with Gasteiger partial charge in [-0.1, -0.05) is 71.1 Å². The van der Waals surface area contributed by atoms with Gasteiger partial charge in [-0.05, 0) is 107 Å². The lowest BCUT2D eigenvalue weighted by Crippen LogP contribution is -2.65. The number of rotatable bonds is 10. The predicted octanol–water partition coefficient (Wildman–Crippen LogP) is 7.67. The van der Waals surface area contributed by atoms with Crippen molar-refractivity contribution in [3.8, 4) is 0 Å². The number of nitrogens with zero attached hydrogens (tertiary/aromatic N) is 1. The lowest BCUT2D eigenvalue weighted by atomic mass is 9.68. The number of methoxy groups -OCH3 is 3. The zero-order chi connectivity index (χ0) is 52.4. The maximum absolute atomic E-state index is 14.6. The Bertz CT molecular complexity index is 2030. The average molecular weight is 1020 g/mol. The molecular formula is C54H84NO15P. The molecule has 4 unspecified atom stereocenters. The van der Waals surface area contributed by atoms with Crippen LogP contribution in [0, 0.1) is 41.4 Å². The molecule has 1 saturated carbocycles. The van der Waals surface area contributed by atoms with Gasteiger partial charge in [0.05, 0.1) is 31.0 Å². The number of aliphatic hydroxyl groups excluding tert-OH is 1. The van der Waals surface area contributed by atoms with E-state index in [-0.39, 0.29) is 36.4 Å². The van der Waals surface area contributed by atoms with Crippen LogP contribution >= 0.6 is 7.60 Å². The second kappa shape index (κ2) is 26.3. The SMILES string of the molecule is CCCOP(C)(=O)O[C@@H]1CC[C@@H](CC2[C@H]3CCCN4C(=O)C(=O)[C@]5(O)O[C@@H](CC[C@H]5C)C[C@H](OC)/C(C)=C/C=C/C=C/[C@@H](C)C[C@@H](C)C(=O)[C@H](OC)[C@H](O)/C(C)=C/C(C)C(=O)C[C@@H]2OC(=O)C34)C[C@H]1OC. The molecule has 400 valence electrons. The third-order valence-corrected chi connectivity index (χ3v) is 17.1. The van der Waals surface area contributed by atoms with Gasteiger partial charge in [0.2, 0.25) is 5.79 Å². The predicted molar refractivity (Wildman–Crippen MR) is 267 cm³/mol. The third kappa shape index (κ3) is 14.8. The second-order valence-corrected chi connectivity index (χ2v) is 23.2. The largest absolute Gasteiger partial charge is 0.460 e. The molecule has 4 fully saturated rings. The van der Waals surface area contributed by atoms with E-state index in [4.69, 9.17) is 32.7 Å². The Morgan fingerprint density at radius 1 is 0.873 bits per heavy atom. The van der Waals surface area contributed by atoms with E-state index in [2.05, 4.69) is 0 Å². The summed E-state index contributed by atoms with van der Waals surface area (Å²) in [6.45, 7) is 14.5. The van der Waals surface area contributed by atoms with Crippen molar-refractivity contribution in [2.24, 2.45) is 41.4 Å². The molecule has 0 aromatic carbocycles. The quantitative estimate of drug-likeness (QED) is 0.0931. The van der Waals surface area contributed by atoms with Gasteiger partial charge >= 0.3 is 13.6 Å². The number of aliphatic hydroxyl groups is 2. The number of allylic oxidation sites excluding steroid dienone is 6. The minimum atomic E-state index is -3.37. The number of fused-ring (bicyclic) bond motifs is 4. The molecular weight excluding hydrogens is 934 g/mol. The fraction of sp³-hybridized carbons (Fsp3) is 0.759. The zero-order valence-corrected chi connectivity index (χ0v) is 45.0. The molecule has 1 aliphatic carbocycles. The van der Waals surface area contributed by atoms with Crippen LogP contribution in [0.25, 0.3) is 0 Å². The topological polar surface area (TPSA) is 211 Å². The number of carbonyl (C=O) groups is 5. The summed E-state index contributed by atoms with van der Waals surface area (Å²) in [5.41, 5.74) is 1.25. The van der Waals surface area contributed by atoms with Crippen LogP contribution in [0.2, 0.25) is 0 Å². The van der Waals surface area contributed by atoms with Gasteiger partial charge < -0.3 is 47.8 Å². The Balaban J connectivity index is 1.50. The van der Waals surface area contributed by atoms with Crippen LogP contribution in [0.1, 0.15) is 126 Å². The fourth-order valence-corrected chi connectivity index (χ4v) is 12.9. The molecule has 16 nitrogen and oxygen atoms in total. The number of hydrogen-bond donors (Lipinski definition) is 2. The normalized spacial score (nSPS) is 41.0. The first kappa shape index (κ1) is 58.7. The highest BCUT2D eigenvalue weighted by atomic mass is 31.2. The Morgan fingerprint density at radius 3 is 2.28 bits per heavy atom. The number of Topliss-reactive ketones (excluding diaryl/α,β-unsaturated/α-hetero) is 3. The smallest absolute Gasteiger partial charge is 0.329 e. The highest BCUT2D eigenvalue weighted by Crippen LogP contribution is 2.50. The van der Waals surface area contributed by atoms with E-state index in [0.717, 1.165) is 5.57 Å². The van der Waals surface area contributed by atoms with Crippen LogP contribution in [0.3, 0.4) is 0 Å². The van der Waals surface area contributed by atoms with Crippen molar-refractivity contribution in [1.29, 1.82) is 0 Å². The maximum Gasteiger partial charge on any atom is 0.329 e. The molecule has 4 aliphatic heterocycles. The molecule has 5 aliphatic rings. The number of piperidine rings is 1. The van der Waals surface area contributed by atoms with Crippen molar-refractivity contribution in [2.75, 3.05) is 41.1 Å². The summed E-state index contributed by atoms with van der Waals surface area (Å²) in [5, 5.41) is 23.6. The van der Waals surface area contributed by atoms with E-state index in [9.17, 15) is 38.8 Å². The number of ketones is 3. The van der Waals surface area contributed by atoms with E-state index in [1.165, 1.54) is 18.7 Å². The summed E-state index contributed by atoms with van der Waals surface area (Å²) in [7, 11) is 1.16. The first-order valence-corrected chi connectivity index (χ1v) is 28.0. The Hall–Kier alpha value is -3.18.